The van der Waals surface area contributed by atoms with E-state index in [1.165, 1.54) is 0 Å². The molecule has 0 aromatic heterocycles. The predicted molar refractivity (Wildman–Crippen MR) is 113 cm³/mol. The van der Waals surface area contributed by atoms with Gasteiger partial charge in [-0.15, -0.1) is 24.0 Å². The van der Waals surface area contributed by atoms with E-state index in [9.17, 15) is 8.42 Å². The summed E-state index contributed by atoms with van der Waals surface area (Å²) in [7, 11) is -1.54. The molecule has 10 heteroatoms. The number of sulfonamides is 1. The van der Waals surface area contributed by atoms with E-state index in [2.05, 4.69) is 15.6 Å². The summed E-state index contributed by atoms with van der Waals surface area (Å²) in [4.78, 5) is 4.45. The van der Waals surface area contributed by atoms with Crippen LogP contribution < -0.4 is 10.6 Å². The molecule has 1 rings (SSSR count). The van der Waals surface area contributed by atoms with E-state index in [-0.39, 0.29) is 35.3 Å². The first-order valence-electron chi connectivity index (χ1n) is 7.93. The standard InChI is InChI=1S/C14H30N4O3S2.HI/c1-5-15-13(17-12-14(2,3)21-4)16-6-11-23(19,20)18-7-9-22-10-8-18;/h5-12H2,1-4H3,(H2,15,16,17);1H. The summed E-state index contributed by atoms with van der Waals surface area (Å²) in [5.74, 6) is 2.45. The van der Waals surface area contributed by atoms with Crippen molar-refractivity contribution < 1.29 is 13.2 Å². The summed E-state index contributed by atoms with van der Waals surface area (Å²) in [5.41, 5.74) is -0.347. The van der Waals surface area contributed by atoms with Crippen molar-refractivity contribution in [2.75, 3.05) is 57.1 Å². The highest BCUT2D eigenvalue weighted by Crippen LogP contribution is 2.13. The van der Waals surface area contributed by atoms with Crippen molar-refractivity contribution in [1.82, 2.24) is 14.9 Å². The van der Waals surface area contributed by atoms with Crippen LogP contribution in [0.1, 0.15) is 20.8 Å². The number of rotatable bonds is 8. The van der Waals surface area contributed by atoms with E-state index < -0.39 is 10.0 Å². The Morgan fingerprint density at radius 3 is 2.46 bits per heavy atom. The van der Waals surface area contributed by atoms with Crippen molar-refractivity contribution in [3.05, 3.63) is 0 Å². The summed E-state index contributed by atoms with van der Waals surface area (Å²) < 4.78 is 31.5. The molecule has 24 heavy (non-hydrogen) atoms. The Morgan fingerprint density at radius 2 is 1.92 bits per heavy atom. The minimum atomic E-state index is -3.19. The van der Waals surface area contributed by atoms with Gasteiger partial charge in [0.05, 0.1) is 17.9 Å². The highest BCUT2D eigenvalue weighted by Gasteiger charge is 2.23. The quantitative estimate of drug-likeness (QED) is 0.297. The van der Waals surface area contributed by atoms with Gasteiger partial charge in [0.15, 0.2) is 5.96 Å². The Balaban J connectivity index is 0.00000529. The number of hydrogen-bond acceptors (Lipinski definition) is 5. The van der Waals surface area contributed by atoms with Gasteiger partial charge < -0.3 is 15.4 Å². The smallest absolute Gasteiger partial charge is 0.215 e. The molecule has 144 valence electrons. The number of nitrogens with one attached hydrogen (secondary N) is 2. The molecule has 1 aliphatic rings. The molecule has 0 aliphatic carbocycles. The number of aliphatic imine (C=N–C) groups is 1. The number of halogens is 1. The van der Waals surface area contributed by atoms with Crippen molar-refractivity contribution in [1.29, 1.82) is 0 Å². The molecule has 0 unspecified atom stereocenters. The summed E-state index contributed by atoms with van der Waals surface area (Å²) in [6.07, 6.45) is 0. The predicted octanol–water partition coefficient (Wildman–Crippen LogP) is 0.963. The van der Waals surface area contributed by atoms with Gasteiger partial charge in [0.1, 0.15) is 0 Å². The van der Waals surface area contributed by atoms with Gasteiger partial charge in [-0.2, -0.15) is 11.8 Å². The molecule has 0 radical (unpaired) electrons. The fourth-order valence-electron chi connectivity index (χ4n) is 1.93. The maximum absolute atomic E-state index is 12.3. The Morgan fingerprint density at radius 1 is 1.29 bits per heavy atom. The minimum Gasteiger partial charge on any atom is -0.377 e. The molecule has 0 bridgehead atoms. The molecule has 0 atom stereocenters. The van der Waals surface area contributed by atoms with Gasteiger partial charge in [-0.05, 0) is 20.8 Å². The zero-order valence-corrected chi connectivity index (χ0v) is 19.0. The fourth-order valence-corrected chi connectivity index (χ4v) is 4.42. The van der Waals surface area contributed by atoms with Crippen molar-refractivity contribution in [2.24, 2.45) is 4.99 Å². The van der Waals surface area contributed by atoms with E-state index in [4.69, 9.17) is 4.74 Å². The molecule has 1 aliphatic heterocycles. The summed E-state index contributed by atoms with van der Waals surface area (Å²) in [6.45, 7) is 8.67. The number of thioether (sulfide) groups is 1. The highest BCUT2D eigenvalue weighted by molar-refractivity contribution is 14.0. The highest BCUT2D eigenvalue weighted by atomic mass is 127. The van der Waals surface area contributed by atoms with E-state index in [1.54, 1.807) is 23.2 Å². The van der Waals surface area contributed by atoms with E-state index in [0.29, 0.717) is 32.1 Å². The summed E-state index contributed by atoms with van der Waals surface area (Å²) >= 11 is 1.80. The van der Waals surface area contributed by atoms with E-state index in [1.807, 2.05) is 20.8 Å². The molecule has 1 fully saturated rings. The second kappa shape index (κ2) is 11.8. The van der Waals surface area contributed by atoms with Crippen LogP contribution in [0.4, 0.5) is 0 Å². The van der Waals surface area contributed by atoms with E-state index >= 15 is 0 Å². The lowest BCUT2D eigenvalue weighted by Gasteiger charge is -2.26. The second-order valence-electron chi connectivity index (χ2n) is 5.91. The number of methoxy groups -OCH3 is 1. The van der Waals surface area contributed by atoms with Crippen LogP contribution in [0.2, 0.25) is 0 Å². The number of nitrogens with zero attached hydrogens (tertiary/aromatic N) is 2. The zero-order chi connectivity index (χ0) is 17.3. The third-order valence-electron chi connectivity index (χ3n) is 3.53. The first-order chi connectivity index (χ1) is 10.8. The second-order valence-corrected chi connectivity index (χ2v) is 9.23. The molecular weight excluding hydrogens is 463 g/mol. The maximum Gasteiger partial charge on any atom is 0.215 e. The lowest BCUT2D eigenvalue weighted by atomic mass is 10.1. The molecule has 1 saturated heterocycles. The first-order valence-corrected chi connectivity index (χ1v) is 10.7. The van der Waals surface area contributed by atoms with Gasteiger partial charge in [0.2, 0.25) is 10.0 Å². The van der Waals surface area contributed by atoms with Crippen LogP contribution in [0.25, 0.3) is 0 Å². The van der Waals surface area contributed by atoms with Crippen LogP contribution in [-0.2, 0) is 14.8 Å². The molecule has 0 aromatic carbocycles. The Bertz CT molecular complexity index is 480. The monoisotopic (exact) mass is 494 g/mol. The Kier molecular flexibility index (Phi) is 11.9. The molecule has 0 spiro atoms. The molecule has 0 amide bonds. The van der Waals surface area contributed by atoms with Crippen LogP contribution in [0.5, 0.6) is 0 Å². The number of ether oxygens (including phenoxy) is 1. The van der Waals surface area contributed by atoms with Crippen LogP contribution in [0.3, 0.4) is 0 Å². The van der Waals surface area contributed by atoms with E-state index in [0.717, 1.165) is 18.1 Å². The fraction of sp³-hybridized carbons (Fsp3) is 0.929. The Hall–Kier alpha value is 0.220. The van der Waals surface area contributed by atoms with Crippen molar-refractivity contribution >= 4 is 51.7 Å². The van der Waals surface area contributed by atoms with Gasteiger partial charge in [-0.1, -0.05) is 0 Å². The Labute approximate surface area is 167 Å². The van der Waals surface area contributed by atoms with Crippen LogP contribution in [0, 0.1) is 0 Å². The van der Waals surface area contributed by atoms with Crippen LogP contribution in [0.15, 0.2) is 4.99 Å². The maximum atomic E-state index is 12.3. The third-order valence-corrected chi connectivity index (χ3v) is 6.35. The molecule has 7 nitrogen and oxygen atoms in total. The molecular formula is C14H31IN4O3S2. The summed E-state index contributed by atoms with van der Waals surface area (Å²) in [5, 5.41) is 6.20. The van der Waals surface area contributed by atoms with Crippen LogP contribution >= 0.6 is 35.7 Å². The van der Waals surface area contributed by atoms with Gasteiger partial charge in [0.25, 0.3) is 0 Å². The SMILES string of the molecule is CCNC(=NCC(C)(C)OC)NCCS(=O)(=O)N1CCSCC1.I. The van der Waals surface area contributed by atoms with Gasteiger partial charge in [-0.25, -0.2) is 12.7 Å². The van der Waals surface area contributed by atoms with Crippen molar-refractivity contribution in [3.8, 4) is 0 Å². The topological polar surface area (TPSA) is 83.0 Å². The number of hydrogen-bond donors (Lipinski definition) is 2. The minimum absolute atomic E-state index is 0. The molecule has 0 aromatic rings. The zero-order valence-electron chi connectivity index (χ0n) is 15.0. The lowest BCUT2D eigenvalue weighted by Crippen LogP contribution is -2.44. The van der Waals surface area contributed by atoms with Crippen molar-refractivity contribution in [3.63, 3.8) is 0 Å². The van der Waals surface area contributed by atoms with Gasteiger partial charge in [-0.3, -0.25) is 4.99 Å². The average molecular weight is 494 g/mol. The summed E-state index contributed by atoms with van der Waals surface area (Å²) in [6, 6.07) is 0. The van der Waals surface area contributed by atoms with Crippen molar-refractivity contribution in [2.45, 2.75) is 26.4 Å². The molecule has 2 N–H and O–H groups in total. The molecule has 1 heterocycles. The van der Waals surface area contributed by atoms with Gasteiger partial charge >= 0.3 is 0 Å². The first kappa shape index (κ1) is 24.2. The van der Waals surface area contributed by atoms with Gasteiger partial charge in [0, 0.05) is 44.8 Å². The average Bonchev–Trinajstić information content (AvgIpc) is 2.53. The number of guanidine groups is 1. The molecule has 0 saturated carbocycles. The normalized spacial score (nSPS) is 17.2. The lowest BCUT2D eigenvalue weighted by molar-refractivity contribution is 0.0310. The third kappa shape index (κ3) is 9.07. The largest absolute Gasteiger partial charge is 0.377 e. The van der Waals surface area contributed by atoms with Crippen LogP contribution in [-0.4, -0.2) is 81.4 Å².